The second kappa shape index (κ2) is 5.35. The zero-order chi connectivity index (χ0) is 13.1. The van der Waals surface area contributed by atoms with E-state index in [-0.39, 0.29) is 16.6 Å². The first-order valence-electron chi connectivity index (χ1n) is 5.83. The number of hydrogen-bond acceptors (Lipinski definition) is 3. The second-order valence-corrected chi connectivity index (χ2v) is 4.68. The highest BCUT2D eigenvalue weighted by Gasteiger charge is 2.21. The summed E-state index contributed by atoms with van der Waals surface area (Å²) in [6.07, 6.45) is 3.10. The third kappa shape index (κ3) is 2.61. The number of halogens is 1. The van der Waals surface area contributed by atoms with E-state index in [4.69, 9.17) is 11.6 Å². The van der Waals surface area contributed by atoms with Crippen molar-refractivity contribution in [1.82, 2.24) is 4.90 Å². The maximum absolute atomic E-state index is 12.1. The van der Waals surface area contributed by atoms with Crippen LogP contribution in [0.5, 0.6) is 0 Å². The second-order valence-electron chi connectivity index (χ2n) is 4.28. The van der Waals surface area contributed by atoms with Crippen molar-refractivity contribution in [1.29, 1.82) is 0 Å². The Kier molecular flexibility index (Phi) is 3.81. The third-order valence-corrected chi connectivity index (χ3v) is 3.35. The highest BCUT2D eigenvalue weighted by atomic mass is 35.5. The Morgan fingerprint density at radius 1 is 1.28 bits per heavy atom. The van der Waals surface area contributed by atoms with Gasteiger partial charge in [0.25, 0.3) is 11.6 Å². The Morgan fingerprint density at radius 2 is 1.94 bits per heavy atom. The van der Waals surface area contributed by atoms with Crippen LogP contribution in [0.25, 0.3) is 0 Å². The lowest BCUT2D eigenvalue weighted by Gasteiger charge is -2.26. The van der Waals surface area contributed by atoms with Gasteiger partial charge in [-0.1, -0.05) is 11.6 Å². The minimum absolute atomic E-state index is 0.0511. The molecule has 1 aliphatic heterocycles. The molecule has 18 heavy (non-hydrogen) atoms. The van der Waals surface area contributed by atoms with Gasteiger partial charge in [0.2, 0.25) is 0 Å². The molecule has 0 radical (unpaired) electrons. The number of benzene rings is 1. The van der Waals surface area contributed by atoms with E-state index >= 15 is 0 Å². The zero-order valence-electron chi connectivity index (χ0n) is 9.76. The van der Waals surface area contributed by atoms with Gasteiger partial charge in [-0.15, -0.1) is 0 Å². The molecule has 0 bridgehead atoms. The smallest absolute Gasteiger partial charge is 0.288 e. The van der Waals surface area contributed by atoms with E-state index in [9.17, 15) is 14.9 Å². The Balaban J connectivity index is 2.24. The normalized spacial score (nSPS) is 15.5. The van der Waals surface area contributed by atoms with Crippen molar-refractivity contribution in [3.63, 3.8) is 0 Å². The summed E-state index contributed by atoms with van der Waals surface area (Å²) in [4.78, 5) is 24.1. The first-order valence-corrected chi connectivity index (χ1v) is 6.20. The standard InChI is InChI=1S/C12H13ClN2O3/c13-10-5-4-9(8-11(10)15(17)18)12(16)14-6-2-1-3-7-14/h4-5,8H,1-3,6-7H2. The van der Waals surface area contributed by atoms with Gasteiger partial charge < -0.3 is 4.90 Å². The largest absolute Gasteiger partial charge is 0.339 e. The maximum Gasteiger partial charge on any atom is 0.288 e. The van der Waals surface area contributed by atoms with Gasteiger partial charge >= 0.3 is 0 Å². The summed E-state index contributed by atoms with van der Waals surface area (Å²) in [5.41, 5.74) is 0.104. The Morgan fingerprint density at radius 3 is 2.56 bits per heavy atom. The van der Waals surface area contributed by atoms with Crippen molar-refractivity contribution < 1.29 is 9.72 Å². The Labute approximate surface area is 109 Å². The maximum atomic E-state index is 12.1. The molecule has 0 N–H and O–H groups in total. The van der Waals surface area contributed by atoms with Gasteiger partial charge in [0, 0.05) is 24.7 Å². The van der Waals surface area contributed by atoms with Gasteiger partial charge in [0.05, 0.1) is 4.92 Å². The monoisotopic (exact) mass is 268 g/mol. The van der Waals surface area contributed by atoms with Crippen LogP contribution in [0.2, 0.25) is 5.02 Å². The van der Waals surface area contributed by atoms with Crippen molar-refractivity contribution >= 4 is 23.2 Å². The summed E-state index contributed by atoms with van der Waals surface area (Å²) in [5, 5.41) is 10.8. The van der Waals surface area contributed by atoms with Crippen molar-refractivity contribution in [3.8, 4) is 0 Å². The van der Waals surface area contributed by atoms with E-state index < -0.39 is 4.92 Å². The van der Waals surface area contributed by atoms with Crippen LogP contribution in [0.1, 0.15) is 29.6 Å². The van der Waals surface area contributed by atoms with Gasteiger partial charge in [-0.25, -0.2) is 0 Å². The van der Waals surface area contributed by atoms with Crippen LogP contribution in [-0.2, 0) is 0 Å². The number of carbonyl (C=O) groups is 1. The fourth-order valence-corrected chi connectivity index (χ4v) is 2.25. The first-order chi connectivity index (χ1) is 8.59. The van der Waals surface area contributed by atoms with Gasteiger partial charge in [0.1, 0.15) is 5.02 Å². The lowest BCUT2D eigenvalue weighted by atomic mass is 10.1. The van der Waals surface area contributed by atoms with Crippen LogP contribution >= 0.6 is 11.6 Å². The average Bonchev–Trinajstić information content (AvgIpc) is 2.39. The Hall–Kier alpha value is -1.62. The number of nitro groups is 1. The summed E-state index contributed by atoms with van der Waals surface area (Å²) in [5.74, 6) is -0.158. The molecule has 0 aliphatic carbocycles. The molecule has 1 saturated heterocycles. The van der Waals surface area contributed by atoms with E-state index in [2.05, 4.69) is 0 Å². The predicted octanol–water partition coefficient (Wildman–Crippen LogP) is 2.87. The fourth-order valence-electron chi connectivity index (χ4n) is 2.07. The molecule has 1 fully saturated rings. The summed E-state index contributed by atoms with van der Waals surface area (Å²) in [6, 6.07) is 4.18. The van der Waals surface area contributed by atoms with E-state index in [1.807, 2.05) is 0 Å². The van der Waals surface area contributed by atoms with Crippen molar-refractivity contribution in [2.24, 2.45) is 0 Å². The number of carbonyl (C=O) groups excluding carboxylic acids is 1. The summed E-state index contributed by atoms with van der Waals surface area (Å²) < 4.78 is 0. The van der Waals surface area contributed by atoms with E-state index in [0.717, 1.165) is 32.4 Å². The van der Waals surface area contributed by atoms with E-state index in [0.29, 0.717) is 5.56 Å². The molecule has 5 nitrogen and oxygen atoms in total. The summed E-state index contributed by atoms with van der Waals surface area (Å²) in [7, 11) is 0. The molecule has 1 aromatic rings. The molecule has 6 heteroatoms. The number of piperidine rings is 1. The summed E-state index contributed by atoms with van der Waals surface area (Å²) in [6.45, 7) is 1.44. The van der Waals surface area contributed by atoms with Crippen LogP contribution in [0.15, 0.2) is 18.2 Å². The van der Waals surface area contributed by atoms with Gasteiger partial charge in [-0.3, -0.25) is 14.9 Å². The SMILES string of the molecule is O=C(c1ccc(Cl)c([N+](=O)[O-])c1)N1CCCCC1. The van der Waals surface area contributed by atoms with Crippen LogP contribution in [0.4, 0.5) is 5.69 Å². The fraction of sp³-hybridized carbons (Fsp3) is 0.417. The number of rotatable bonds is 2. The molecule has 1 amide bonds. The molecular formula is C12H13ClN2O3. The van der Waals surface area contributed by atoms with Crippen molar-refractivity contribution in [2.75, 3.05) is 13.1 Å². The molecule has 1 heterocycles. The first kappa shape index (κ1) is 12.8. The quantitative estimate of drug-likeness (QED) is 0.612. The minimum atomic E-state index is -0.574. The molecule has 0 aromatic heterocycles. The molecular weight excluding hydrogens is 256 g/mol. The molecule has 2 rings (SSSR count). The van der Waals surface area contributed by atoms with Gasteiger partial charge in [-0.2, -0.15) is 0 Å². The lowest BCUT2D eigenvalue weighted by molar-refractivity contribution is -0.384. The van der Waals surface area contributed by atoms with E-state index in [1.54, 1.807) is 4.90 Å². The molecule has 0 atom stereocenters. The van der Waals surface area contributed by atoms with Gasteiger partial charge in [0.15, 0.2) is 0 Å². The number of hydrogen-bond donors (Lipinski definition) is 0. The molecule has 0 spiro atoms. The number of likely N-dealkylation sites (tertiary alicyclic amines) is 1. The topological polar surface area (TPSA) is 63.4 Å². The van der Waals surface area contributed by atoms with Crippen LogP contribution < -0.4 is 0 Å². The molecule has 0 saturated carbocycles. The highest BCUT2D eigenvalue weighted by Crippen LogP contribution is 2.26. The molecule has 96 valence electrons. The molecule has 1 aromatic carbocycles. The number of amides is 1. The number of nitro benzene ring substituents is 1. The van der Waals surface area contributed by atoms with Crippen LogP contribution in [0.3, 0.4) is 0 Å². The van der Waals surface area contributed by atoms with Crippen molar-refractivity contribution in [3.05, 3.63) is 38.9 Å². The zero-order valence-corrected chi connectivity index (χ0v) is 10.5. The molecule has 0 unspecified atom stereocenters. The van der Waals surface area contributed by atoms with Crippen LogP contribution in [0, 0.1) is 10.1 Å². The highest BCUT2D eigenvalue weighted by molar-refractivity contribution is 6.32. The van der Waals surface area contributed by atoms with Gasteiger partial charge in [-0.05, 0) is 31.4 Å². The van der Waals surface area contributed by atoms with E-state index in [1.165, 1.54) is 18.2 Å². The van der Waals surface area contributed by atoms with Crippen molar-refractivity contribution in [2.45, 2.75) is 19.3 Å². The average molecular weight is 269 g/mol. The third-order valence-electron chi connectivity index (χ3n) is 3.03. The Bertz CT molecular complexity index is 484. The number of nitrogens with zero attached hydrogens (tertiary/aromatic N) is 2. The predicted molar refractivity (Wildman–Crippen MR) is 67.9 cm³/mol. The lowest BCUT2D eigenvalue weighted by Crippen LogP contribution is -2.35. The van der Waals surface area contributed by atoms with Crippen LogP contribution in [-0.4, -0.2) is 28.8 Å². The summed E-state index contributed by atoms with van der Waals surface area (Å²) >= 11 is 5.72. The molecule has 1 aliphatic rings. The minimum Gasteiger partial charge on any atom is -0.339 e.